The summed E-state index contributed by atoms with van der Waals surface area (Å²) in [5.74, 6) is -0.984. The molecule has 0 saturated heterocycles. The van der Waals surface area contributed by atoms with Crippen molar-refractivity contribution in [1.29, 1.82) is 0 Å². The van der Waals surface area contributed by atoms with Crippen molar-refractivity contribution in [1.82, 2.24) is 25.6 Å². The quantitative estimate of drug-likeness (QED) is 0.687. The van der Waals surface area contributed by atoms with Crippen molar-refractivity contribution in [2.24, 2.45) is 5.41 Å². The van der Waals surface area contributed by atoms with Crippen LogP contribution >= 0.6 is 0 Å². The van der Waals surface area contributed by atoms with Gasteiger partial charge in [-0.15, -0.1) is 5.10 Å². The Morgan fingerprint density at radius 2 is 2.19 bits per heavy atom. The largest absolute Gasteiger partial charge is 0.480 e. The van der Waals surface area contributed by atoms with E-state index in [0.29, 0.717) is 12.2 Å². The molecule has 1 aromatic rings. The number of hydrogen-bond acceptors (Lipinski definition) is 4. The molecule has 0 aromatic carbocycles. The normalized spacial score (nSPS) is 16.0. The molecule has 2 amide bonds. The van der Waals surface area contributed by atoms with Crippen LogP contribution in [0.2, 0.25) is 0 Å². The van der Waals surface area contributed by atoms with Crippen LogP contribution in [-0.4, -0.2) is 38.6 Å². The highest BCUT2D eigenvalue weighted by atomic mass is 16.4. The van der Waals surface area contributed by atoms with Gasteiger partial charge in [0.1, 0.15) is 12.2 Å². The lowest BCUT2D eigenvalue weighted by molar-refractivity contribution is -0.137. The van der Waals surface area contributed by atoms with Gasteiger partial charge in [-0.2, -0.15) is 0 Å². The van der Waals surface area contributed by atoms with E-state index in [1.54, 1.807) is 0 Å². The van der Waals surface area contributed by atoms with Crippen LogP contribution in [0.25, 0.3) is 0 Å². The van der Waals surface area contributed by atoms with E-state index < -0.39 is 5.97 Å². The van der Waals surface area contributed by atoms with Gasteiger partial charge in [0.15, 0.2) is 0 Å². The van der Waals surface area contributed by atoms with Gasteiger partial charge in [0.25, 0.3) is 0 Å². The molecule has 1 saturated carbocycles. The minimum absolute atomic E-state index is 0.227. The van der Waals surface area contributed by atoms with Crippen molar-refractivity contribution in [3.05, 3.63) is 11.9 Å². The highest BCUT2D eigenvalue weighted by molar-refractivity contribution is 5.73. The summed E-state index contributed by atoms with van der Waals surface area (Å²) < 4.78 is 1.22. The van der Waals surface area contributed by atoms with Crippen LogP contribution in [0.15, 0.2) is 6.20 Å². The average molecular weight is 295 g/mol. The summed E-state index contributed by atoms with van der Waals surface area (Å²) in [5.41, 5.74) is 0.808. The van der Waals surface area contributed by atoms with Gasteiger partial charge >= 0.3 is 12.0 Å². The second-order valence-corrected chi connectivity index (χ2v) is 5.54. The molecule has 0 bridgehead atoms. The lowest BCUT2D eigenvalue weighted by Crippen LogP contribution is -2.45. The number of carbonyl (C=O) groups excluding carboxylic acids is 1. The van der Waals surface area contributed by atoms with E-state index in [-0.39, 0.29) is 24.5 Å². The summed E-state index contributed by atoms with van der Waals surface area (Å²) in [6.45, 7) is 2.84. The van der Waals surface area contributed by atoms with E-state index in [9.17, 15) is 9.59 Å². The van der Waals surface area contributed by atoms with Crippen LogP contribution in [0, 0.1) is 5.41 Å². The molecule has 3 N–H and O–H groups in total. The second kappa shape index (κ2) is 6.55. The second-order valence-electron chi connectivity index (χ2n) is 5.54. The monoisotopic (exact) mass is 295 g/mol. The molecule has 0 spiro atoms. The fraction of sp³-hybridized carbons (Fsp3) is 0.692. The van der Waals surface area contributed by atoms with E-state index >= 15 is 0 Å². The number of carboxylic acids is 1. The van der Waals surface area contributed by atoms with Crippen molar-refractivity contribution in [2.75, 3.05) is 6.54 Å². The molecular formula is C13H21N5O3. The van der Waals surface area contributed by atoms with E-state index in [4.69, 9.17) is 5.11 Å². The van der Waals surface area contributed by atoms with E-state index in [1.807, 2.05) is 0 Å². The number of amides is 2. The first-order chi connectivity index (χ1) is 10.0. The standard InChI is InChI=1S/C13H21N5O3/c1-2-13(4-3-5-13)9-15-12(21)14-6-10-7-18(17-16-10)8-11(19)20/h7H,2-6,8-9H2,1H3,(H,19,20)(H2,14,15,21). The Labute approximate surface area is 122 Å². The molecule has 1 heterocycles. The Balaban J connectivity index is 1.71. The molecule has 8 heteroatoms. The third-order valence-corrected chi connectivity index (χ3v) is 4.10. The molecular weight excluding hydrogens is 274 g/mol. The number of nitrogens with one attached hydrogen (secondary N) is 2. The van der Waals surface area contributed by atoms with E-state index in [0.717, 1.165) is 6.42 Å². The molecule has 1 fully saturated rings. The minimum Gasteiger partial charge on any atom is -0.480 e. The fourth-order valence-electron chi connectivity index (χ4n) is 2.47. The van der Waals surface area contributed by atoms with Crippen LogP contribution < -0.4 is 10.6 Å². The average Bonchev–Trinajstić information content (AvgIpc) is 2.82. The predicted octanol–water partition coefficient (Wildman–Crippen LogP) is 0.742. The number of aliphatic carboxylic acids is 1. The topological polar surface area (TPSA) is 109 Å². The van der Waals surface area contributed by atoms with Crippen molar-refractivity contribution >= 4 is 12.0 Å². The van der Waals surface area contributed by atoms with Gasteiger partial charge in [-0.1, -0.05) is 18.6 Å². The maximum Gasteiger partial charge on any atom is 0.325 e. The Hall–Kier alpha value is -2.12. The smallest absolute Gasteiger partial charge is 0.325 e. The van der Waals surface area contributed by atoms with Gasteiger partial charge in [-0.3, -0.25) is 4.79 Å². The lowest BCUT2D eigenvalue weighted by Gasteiger charge is -2.41. The van der Waals surface area contributed by atoms with Crippen LogP contribution in [0.3, 0.4) is 0 Å². The molecule has 1 aliphatic rings. The van der Waals surface area contributed by atoms with Gasteiger partial charge in [-0.25, -0.2) is 9.48 Å². The molecule has 0 atom stereocenters. The molecule has 8 nitrogen and oxygen atoms in total. The molecule has 116 valence electrons. The Morgan fingerprint density at radius 3 is 2.76 bits per heavy atom. The zero-order valence-corrected chi connectivity index (χ0v) is 12.1. The number of aromatic nitrogens is 3. The number of hydrogen-bond donors (Lipinski definition) is 3. The molecule has 0 unspecified atom stereocenters. The van der Waals surface area contributed by atoms with Gasteiger partial charge in [0.2, 0.25) is 0 Å². The fourth-order valence-corrected chi connectivity index (χ4v) is 2.47. The Morgan fingerprint density at radius 1 is 1.43 bits per heavy atom. The first kappa shape index (κ1) is 15.3. The molecule has 21 heavy (non-hydrogen) atoms. The van der Waals surface area contributed by atoms with Gasteiger partial charge in [0, 0.05) is 6.54 Å². The minimum atomic E-state index is -0.984. The maximum absolute atomic E-state index is 11.7. The molecule has 1 aromatic heterocycles. The number of nitrogens with zero attached hydrogens (tertiary/aromatic N) is 3. The summed E-state index contributed by atoms with van der Waals surface area (Å²) in [6.07, 6.45) is 6.18. The SMILES string of the molecule is CCC1(CNC(=O)NCc2cn(CC(=O)O)nn2)CCC1. The highest BCUT2D eigenvalue weighted by Gasteiger charge is 2.35. The number of carbonyl (C=O) groups is 2. The zero-order valence-electron chi connectivity index (χ0n) is 12.1. The zero-order chi connectivity index (χ0) is 15.3. The first-order valence-corrected chi connectivity index (χ1v) is 7.15. The molecule has 2 rings (SSSR count). The summed E-state index contributed by atoms with van der Waals surface area (Å²) in [6, 6.07) is -0.234. The number of rotatable bonds is 7. The molecule has 1 aliphatic carbocycles. The van der Waals surface area contributed by atoms with Crippen LogP contribution in [0.1, 0.15) is 38.3 Å². The first-order valence-electron chi connectivity index (χ1n) is 7.15. The summed E-state index contributed by atoms with van der Waals surface area (Å²) >= 11 is 0. The Kier molecular flexibility index (Phi) is 4.77. The van der Waals surface area contributed by atoms with Gasteiger partial charge in [0.05, 0.1) is 12.7 Å². The number of urea groups is 1. The summed E-state index contributed by atoms with van der Waals surface area (Å²) in [7, 11) is 0. The highest BCUT2D eigenvalue weighted by Crippen LogP contribution is 2.42. The summed E-state index contributed by atoms with van der Waals surface area (Å²) in [5, 5.41) is 21.7. The van der Waals surface area contributed by atoms with Gasteiger partial charge < -0.3 is 15.7 Å². The van der Waals surface area contributed by atoms with Crippen LogP contribution in [0.4, 0.5) is 4.79 Å². The summed E-state index contributed by atoms with van der Waals surface area (Å²) in [4.78, 5) is 22.2. The van der Waals surface area contributed by atoms with E-state index in [1.165, 1.54) is 30.1 Å². The van der Waals surface area contributed by atoms with Crippen molar-refractivity contribution in [2.45, 2.75) is 45.7 Å². The molecule has 0 aliphatic heterocycles. The lowest BCUT2D eigenvalue weighted by atomic mass is 9.67. The van der Waals surface area contributed by atoms with Crippen molar-refractivity contribution in [3.8, 4) is 0 Å². The van der Waals surface area contributed by atoms with Gasteiger partial charge in [-0.05, 0) is 24.7 Å². The van der Waals surface area contributed by atoms with E-state index in [2.05, 4.69) is 27.9 Å². The van der Waals surface area contributed by atoms with Crippen molar-refractivity contribution in [3.63, 3.8) is 0 Å². The molecule has 0 radical (unpaired) electrons. The predicted molar refractivity (Wildman–Crippen MR) is 74.5 cm³/mol. The maximum atomic E-state index is 11.7. The van der Waals surface area contributed by atoms with Crippen LogP contribution in [0.5, 0.6) is 0 Å². The third kappa shape index (κ3) is 4.17. The Bertz CT molecular complexity index is 504. The third-order valence-electron chi connectivity index (χ3n) is 4.10. The van der Waals surface area contributed by atoms with Crippen LogP contribution in [-0.2, 0) is 17.9 Å². The number of carboxylic acid groups (broad SMARTS) is 1. The van der Waals surface area contributed by atoms with Crippen molar-refractivity contribution < 1.29 is 14.7 Å².